The van der Waals surface area contributed by atoms with Gasteiger partial charge in [0.1, 0.15) is 11.4 Å². The van der Waals surface area contributed by atoms with Crippen molar-refractivity contribution < 1.29 is 27.8 Å². The largest absolute Gasteiger partial charge is 0.573 e. The van der Waals surface area contributed by atoms with Gasteiger partial charge in [0, 0.05) is 25.0 Å². The Morgan fingerprint density at radius 3 is 2.44 bits per heavy atom. The SMILES string of the molecule is CN=CC(=CN)c1nc(C(=O)N[C@H](CO)C(C)C)cc(-c2ccc(OC(F)(F)F)cc2)n1. The van der Waals surface area contributed by atoms with Crippen LogP contribution in [0.4, 0.5) is 13.2 Å². The molecule has 0 saturated carbocycles. The number of hydrogen-bond donors (Lipinski definition) is 3. The first kappa shape index (κ1) is 24.8. The normalized spacial score (nSPS) is 13.4. The minimum absolute atomic E-state index is 0.0106. The first-order valence-corrected chi connectivity index (χ1v) is 9.59. The number of carbonyl (C=O) groups excluding carboxylic acids is 1. The summed E-state index contributed by atoms with van der Waals surface area (Å²) in [7, 11) is 1.52. The number of ether oxygens (including phenoxy) is 1. The maximum atomic E-state index is 12.8. The first-order chi connectivity index (χ1) is 15.1. The minimum Gasteiger partial charge on any atom is -0.406 e. The highest BCUT2D eigenvalue weighted by Gasteiger charge is 2.31. The van der Waals surface area contributed by atoms with Crippen LogP contribution in [-0.4, -0.2) is 53.3 Å². The van der Waals surface area contributed by atoms with E-state index in [4.69, 9.17) is 5.73 Å². The molecule has 0 aliphatic rings. The van der Waals surface area contributed by atoms with Crippen LogP contribution in [0.3, 0.4) is 0 Å². The van der Waals surface area contributed by atoms with Crippen molar-refractivity contribution in [3.05, 3.63) is 48.1 Å². The van der Waals surface area contributed by atoms with Crippen LogP contribution >= 0.6 is 0 Å². The van der Waals surface area contributed by atoms with E-state index in [0.717, 1.165) is 12.1 Å². The van der Waals surface area contributed by atoms with Gasteiger partial charge >= 0.3 is 6.36 Å². The highest BCUT2D eigenvalue weighted by molar-refractivity contribution is 6.08. The van der Waals surface area contributed by atoms with Gasteiger partial charge in [-0.15, -0.1) is 13.2 Å². The third-order valence-electron chi connectivity index (χ3n) is 4.37. The Morgan fingerprint density at radius 2 is 1.94 bits per heavy atom. The molecule has 32 heavy (non-hydrogen) atoms. The maximum Gasteiger partial charge on any atom is 0.573 e. The van der Waals surface area contributed by atoms with Gasteiger partial charge < -0.3 is 20.9 Å². The van der Waals surface area contributed by atoms with Gasteiger partial charge in [0.05, 0.1) is 23.9 Å². The molecule has 2 aromatic rings. The van der Waals surface area contributed by atoms with Crippen molar-refractivity contribution in [2.24, 2.45) is 16.6 Å². The van der Waals surface area contributed by atoms with Gasteiger partial charge in [0.2, 0.25) is 0 Å². The third kappa shape index (κ3) is 6.77. The number of nitrogens with one attached hydrogen (secondary N) is 1. The highest BCUT2D eigenvalue weighted by atomic mass is 19.4. The van der Waals surface area contributed by atoms with Crippen molar-refractivity contribution in [3.8, 4) is 17.0 Å². The minimum atomic E-state index is -4.81. The fourth-order valence-corrected chi connectivity index (χ4v) is 2.65. The van der Waals surface area contributed by atoms with Gasteiger partial charge in [-0.2, -0.15) is 0 Å². The van der Waals surface area contributed by atoms with Crippen molar-refractivity contribution in [1.29, 1.82) is 0 Å². The molecule has 1 aromatic carbocycles. The number of hydrogen-bond acceptors (Lipinski definition) is 7. The first-order valence-electron chi connectivity index (χ1n) is 9.59. The van der Waals surface area contributed by atoms with Gasteiger partial charge in [-0.25, -0.2) is 9.97 Å². The lowest BCUT2D eigenvalue weighted by Crippen LogP contribution is -2.41. The summed E-state index contributed by atoms with van der Waals surface area (Å²) in [4.78, 5) is 25.3. The lowest BCUT2D eigenvalue weighted by molar-refractivity contribution is -0.274. The molecule has 0 radical (unpaired) electrons. The van der Waals surface area contributed by atoms with E-state index >= 15 is 0 Å². The lowest BCUT2D eigenvalue weighted by atomic mass is 10.1. The summed E-state index contributed by atoms with van der Waals surface area (Å²) < 4.78 is 41.1. The van der Waals surface area contributed by atoms with Crippen molar-refractivity contribution in [1.82, 2.24) is 15.3 Å². The number of benzene rings is 1. The summed E-state index contributed by atoms with van der Waals surface area (Å²) in [6.45, 7) is 3.43. The summed E-state index contributed by atoms with van der Waals surface area (Å²) in [5.41, 5.74) is 6.65. The van der Waals surface area contributed by atoms with E-state index in [1.807, 2.05) is 13.8 Å². The molecule has 1 aromatic heterocycles. The molecule has 1 amide bonds. The lowest BCUT2D eigenvalue weighted by Gasteiger charge is -2.20. The number of aliphatic imine (C=N–C) groups is 1. The zero-order chi connectivity index (χ0) is 23.9. The number of aromatic nitrogens is 2. The predicted octanol–water partition coefficient (Wildman–Crippen LogP) is 2.79. The number of allylic oxidation sites excluding steroid dienone is 1. The Kier molecular flexibility index (Phi) is 8.30. The number of aliphatic hydroxyl groups is 1. The van der Waals surface area contributed by atoms with Crippen molar-refractivity contribution in [2.75, 3.05) is 13.7 Å². The van der Waals surface area contributed by atoms with E-state index in [-0.39, 0.29) is 29.7 Å². The van der Waals surface area contributed by atoms with Crippen molar-refractivity contribution in [3.63, 3.8) is 0 Å². The van der Waals surface area contributed by atoms with Gasteiger partial charge in [0.15, 0.2) is 5.82 Å². The third-order valence-corrected chi connectivity index (χ3v) is 4.37. The molecule has 2 rings (SSSR count). The smallest absolute Gasteiger partial charge is 0.406 e. The number of rotatable bonds is 8. The molecular formula is C21H24F3N5O3. The Bertz CT molecular complexity index is 989. The molecule has 0 unspecified atom stereocenters. The van der Waals surface area contributed by atoms with Gasteiger partial charge in [0.25, 0.3) is 5.91 Å². The van der Waals surface area contributed by atoms with Crippen molar-refractivity contribution in [2.45, 2.75) is 26.3 Å². The fraction of sp³-hybridized carbons (Fsp3) is 0.333. The average Bonchev–Trinajstić information content (AvgIpc) is 2.74. The highest BCUT2D eigenvalue weighted by Crippen LogP contribution is 2.26. The van der Waals surface area contributed by atoms with Crippen LogP contribution < -0.4 is 15.8 Å². The maximum absolute atomic E-state index is 12.8. The molecule has 4 N–H and O–H groups in total. The van der Waals surface area contributed by atoms with E-state index in [9.17, 15) is 23.1 Å². The molecular weight excluding hydrogens is 427 g/mol. The molecule has 11 heteroatoms. The molecule has 0 fully saturated rings. The van der Waals surface area contributed by atoms with Crippen LogP contribution in [0.15, 0.2) is 41.5 Å². The average molecular weight is 451 g/mol. The molecule has 0 aliphatic carbocycles. The van der Waals surface area contributed by atoms with Crippen molar-refractivity contribution >= 4 is 17.7 Å². The van der Waals surface area contributed by atoms with Crippen LogP contribution in [0.25, 0.3) is 16.8 Å². The molecule has 172 valence electrons. The number of nitrogens with zero attached hydrogens (tertiary/aromatic N) is 3. The monoisotopic (exact) mass is 451 g/mol. The molecule has 0 spiro atoms. The summed E-state index contributed by atoms with van der Waals surface area (Å²) in [6.07, 6.45) is -2.18. The second kappa shape index (κ2) is 10.7. The van der Waals surface area contributed by atoms with E-state index < -0.39 is 24.1 Å². The van der Waals surface area contributed by atoms with Crippen LogP contribution in [0.1, 0.15) is 30.2 Å². The molecule has 0 aliphatic heterocycles. The number of aliphatic hydroxyl groups excluding tert-OH is 1. The zero-order valence-electron chi connectivity index (χ0n) is 17.7. The summed E-state index contributed by atoms with van der Waals surface area (Å²) >= 11 is 0. The summed E-state index contributed by atoms with van der Waals surface area (Å²) in [5.74, 6) is -0.875. The molecule has 8 nitrogen and oxygen atoms in total. The summed E-state index contributed by atoms with van der Waals surface area (Å²) in [6, 6.07) is 5.92. The van der Waals surface area contributed by atoms with Crippen LogP contribution in [0.2, 0.25) is 0 Å². The Labute approximate surface area is 183 Å². The number of carbonyl (C=O) groups is 1. The quantitative estimate of drug-likeness (QED) is 0.531. The van der Waals surface area contributed by atoms with Gasteiger partial charge in [-0.1, -0.05) is 13.8 Å². The molecule has 1 atom stereocenters. The standard InChI is InChI=1S/C21H24F3N5O3/c1-12(2)18(11-30)29-20(31)17-8-16(27-19(28-17)14(9-25)10-26-3)13-4-6-15(7-5-13)32-21(22,23)24/h4-10,12,18,30H,11,25H2,1-3H3,(H,29,31)/t18-/m1/s1. The number of nitrogens with two attached hydrogens (primary N) is 1. The topological polar surface area (TPSA) is 123 Å². The number of alkyl halides is 3. The Balaban J connectivity index is 2.50. The van der Waals surface area contributed by atoms with Crippen LogP contribution in [0, 0.1) is 5.92 Å². The van der Waals surface area contributed by atoms with Crippen LogP contribution in [-0.2, 0) is 0 Å². The van der Waals surface area contributed by atoms with E-state index in [1.165, 1.54) is 37.7 Å². The number of amides is 1. The van der Waals surface area contributed by atoms with Gasteiger partial charge in [-0.05, 0) is 36.2 Å². The zero-order valence-corrected chi connectivity index (χ0v) is 17.7. The Morgan fingerprint density at radius 1 is 1.28 bits per heavy atom. The molecule has 1 heterocycles. The fourth-order valence-electron chi connectivity index (χ4n) is 2.65. The Hall–Kier alpha value is -3.47. The predicted molar refractivity (Wildman–Crippen MR) is 114 cm³/mol. The number of halogens is 3. The van der Waals surface area contributed by atoms with Crippen LogP contribution in [0.5, 0.6) is 5.75 Å². The second-order valence-corrected chi connectivity index (χ2v) is 7.05. The van der Waals surface area contributed by atoms with E-state index in [1.54, 1.807) is 0 Å². The van der Waals surface area contributed by atoms with E-state index in [2.05, 4.69) is 25.0 Å². The summed E-state index contributed by atoms with van der Waals surface area (Å²) in [5, 5.41) is 12.2. The van der Waals surface area contributed by atoms with E-state index in [0.29, 0.717) is 11.1 Å². The van der Waals surface area contributed by atoms with Gasteiger partial charge in [-0.3, -0.25) is 9.79 Å². The molecule has 0 bridgehead atoms. The second-order valence-electron chi connectivity index (χ2n) is 7.05. The molecule has 0 saturated heterocycles.